The highest BCUT2D eigenvalue weighted by molar-refractivity contribution is 6.00. The molecular weight excluding hydrogens is 425 g/mol. The van der Waals surface area contributed by atoms with Crippen molar-refractivity contribution < 1.29 is 18.0 Å². The third-order valence-corrected chi connectivity index (χ3v) is 4.51. The molecule has 10 heteroatoms. The topological polar surface area (TPSA) is 114 Å². The van der Waals surface area contributed by atoms with E-state index in [-0.39, 0.29) is 17.2 Å². The Bertz CT molecular complexity index is 1370. The van der Waals surface area contributed by atoms with E-state index in [1.54, 1.807) is 42.6 Å². The van der Waals surface area contributed by atoms with Crippen molar-refractivity contribution >= 4 is 29.0 Å². The lowest BCUT2D eigenvalue weighted by atomic mass is 10.1. The zero-order valence-electron chi connectivity index (χ0n) is 20.3. The van der Waals surface area contributed by atoms with Crippen molar-refractivity contribution in [2.45, 2.75) is 0 Å². The van der Waals surface area contributed by atoms with Crippen LogP contribution in [-0.2, 0) is 0 Å². The second kappa shape index (κ2) is 9.69. The van der Waals surface area contributed by atoms with Crippen LogP contribution >= 0.6 is 0 Å². The molecule has 0 bridgehead atoms. The molecule has 4 aromatic rings. The lowest BCUT2D eigenvalue weighted by Gasteiger charge is -2.16. The van der Waals surface area contributed by atoms with E-state index in [0.717, 1.165) is 12.4 Å². The first-order valence-electron chi connectivity index (χ1n) is 11.2. The molecular formula is C23H20FN7O2. The Morgan fingerprint density at radius 2 is 1.85 bits per heavy atom. The summed E-state index contributed by atoms with van der Waals surface area (Å²) >= 11 is 0. The number of para-hydroxylation sites is 1. The molecule has 9 nitrogen and oxygen atoms in total. The highest BCUT2D eigenvalue weighted by Crippen LogP contribution is 2.36. The predicted octanol–water partition coefficient (Wildman–Crippen LogP) is 3.93. The molecule has 3 aromatic heterocycles. The first-order valence-corrected chi connectivity index (χ1v) is 9.67. The van der Waals surface area contributed by atoms with E-state index >= 15 is 0 Å². The number of halogens is 1. The summed E-state index contributed by atoms with van der Waals surface area (Å²) in [5.74, 6) is -0.00728. The first-order chi connectivity index (χ1) is 17.2. The van der Waals surface area contributed by atoms with Gasteiger partial charge in [0, 0.05) is 17.3 Å². The Labute approximate surface area is 193 Å². The maximum absolute atomic E-state index is 13.3. The Morgan fingerprint density at radius 1 is 1.00 bits per heavy atom. The van der Waals surface area contributed by atoms with Gasteiger partial charge in [0.05, 0.1) is 36.3 Å². The normalized spacial score (nSPS) is 12.1. The van der Waals surface area contributed by atoms with Crippen molar-refractivity contribution in [3.05, 3.63) is 78.5 Å². The molecule has 4 rings (SSSR count). The third-order valence-electron chi connectivity index (χ3n) is 4.51. The number of rotatable bonds is 7. The molecule has 0 aliphatic carbocycles. The number of benzene rings is 1. The van der Waals surface area contributed by atoms with Crippen molar-refractivity contribution in [2.75, 3.05) is 24.7 Å². The Hall–Kier alpha value is -4.60. The third kappa shape index (κ3) is 4.85. The molecule has 0 aliphatic heterocycles. The summed E-state index contributed by atoms with van der Waals surface area (Å²) in [5.41, 5.74) is 0.815. The van der Waals surface area contributed by atoms with Gasteiger partial charge in [0.25, 0.3) is 5.91 Å². The van der Waals surface area contributed by atoms with E-state index in [2.05, 4.69) is 30.6 Å². The molecule has 0 aliphatic rings. The lowest BCUT2D eigenvalue weighted by molar-refractivity contribution is 0.0963. The average molecular weight is 448 g/mol. The van der Waals surface area contributed by atoms with E-state index in [1.807, 2.05) is 5.32 Å². The van der Waals surface area contributed by atoms with Crippen LogP contribution in [0.15, 0.2) is 67.1 Å². The molecule has 0 saturated heterocycles. The Balaban J connectivity index is 1.75. The molecule has 0 unspecified atom stereocenters. The zero-order chi connectivity index (χ0) is 25.7. The van der Waals surface area contributed by atoms with Gasteiger partial charge in [-0.2, -0.15) is 0 Å². The number of anilines is 4. The van der Waals surface area contributed by atoms with Crippen LogP contribution in [0.5, 0.6) is 5.75 Å². The Kier molecular flexibility index (Phi) is 5.29. The number of carbonyl (C=O) groups excluding carboxylic acids is 1. The van der Waals surface area contributed by atoms with Crippen molar-refractivity contribution in [1.82, 2.24) is 25.3 Å². The van der Waals surface area contributed by atoms with Gasteiger partial charge in [0.1, 0.15) is 17.5 Å². The number of nitrogens with one attached hydrogen (secondary N) is 3. The summed E-state index contributed by atoms with van der Waals surface area (Å²) in [6.45, 7) is -2.70. The van der Waals surface area contributed by atoms with Crippen LogP contribution in [0.3, 0.4) is 0 Å². The number of hydrogen-bond acceptors (Lipinski definition) is 8. The quantitative estimate of drug-likeness (QED) is 0.390. The summed E-state index contributed by atoms with van der Waals surface area (Å²) in [5, 5.41) is 8.02. The fraction of sp³-hybridized carbons (Fsp3) is 0.0870. The molecule has 0 saturated carbocycles. The van der Waals surface area contributed by atoms with Gasteiger partial charge in [0.2, 0.25) is 0 Å². The smallest absolute Gasteiger partial charge is 0.254 e. The summed E-state index contributed by atoms with van der Waals surface area (Å²) in [4.78, 5) is 29.4. The second-order valence-corrected chi connectivity index (χ2v) is 6.62. The minimum atomic E-state index is -2.70. The lowest BCUT2D eigenvalue weighted by Crippen LogP contribution is -2.20. The highest BCUT2D eigenvalue weighted by Gasteiger charge is 2.18. The largest absolute Gasteiger partial charge is 0.494 e. The standard InChI is InChI=1S/C23H20FN7O2/c1-25-23(32)16-9-10-19(30-18-8-3-4-11-26-18)31-22(16)29-17-7-5-6-15(20(17)33-2)21-27-12-14(24)13-28-21/h3-13H,1-2H3,(H,25,32)(H2,26,29,30,31)/i1D3. The zero-order valence-corrected chi connectivity index (χ0v) is 17.3. The summed E-state index contributed by atoms with van der Waals surface area (Å²) in [7, 11) is 1.43. The number of hydrogen-bond donors (Lipinski definition) is 3. The van der Waals surface area contributed by atoms with E-state index in [4.69, 9.17) is 8.85 Å². The minimum Gasteiger partial charge on any atom is -0.494 e. The van der Waals surface area contributed by atoms with Crippen LogP contribution in [0.4, 0.5) is 27.5 Å². The molecule has 3 heterocycles. The van der Waals surface area contributed by atoms with E-state index in [9.17, 15) is 9.18 Å². The van der Waals surface area contributed by atoms with Gasteiger partial charge < -0.3 is 20.7 Å². The Morgan fingerprint density at radius 3 is 2.58 bits per heavy atom. The van der Waals surface area contributed by atoms with E-state index in [1.165, 1.54) is 19.2 Å². The van der Waals surface area contributed by atoms with Crippen LogP contribution in [0.25, 0.3) is 11.4 Å². The fourth-order valence-corrected chi connectivity index (χ4v) is 3.05. The van der Waals surface area contributed by atoms with E-state index in [0.29, 0.717) is 28.6 Å². The molecule has 3 N–H and O–H groups in total. The fourth-order valence-electron chi connectivity index (χ4n) is 3.05. The van der Waals surface area contributed by atoms with Gasteiger partial charge in [0.15, 0.2) is 17.4 Å². The maximum Gasteiger partial charge on any atom is 0.254 e. The molecule has 1 amide bonds. The van der Waals surface area contributed by atoms with Crippen molar-refractivity contribution in [3.8, 4) is 17.1 Å². The van der Waals surface area contributed by atoms with Gasteiger partial charge in [-0.25, -0.2) is 24.3 Å². The number of methoxy groups -OCH3 is 1. The summed E-state index contributed by atoms with van der Waals surface area (Å²) < 4.78 is 41.0. The molecule has 0 atom stereocenters. The predicted molar refractivity (Wildman–Crippen MR) is 122 cm³/mol. The number of aromatic nitrogens is 4. The van der Waals surface area contributed by atoms with E-state index < -0.39 is 18.7 Å². The molecule has 1 aromatic carbocycles. The highest BCUT2D eigenvalue weighted by atomic mass is 19.1. The molecule has 0 radical (unpaired) electrons. The van der Waals surface area contributed by atoms with Crippen molar-refractivity contribution in [1.29, 1.82) is 0 Å². The van der Waals surface area contributed by atoms with Crippen molar-refractivity contribution in [3.63, 3.8) is 0 Å². The summed E-state index contributed by atoms with van der Waals surface area (Å²) in [6.07, 6.45) is 3.68. The van der Waals surface area contributed by atoms with Gasteiger partial charge in [-0.3, -0.25) is 4.79 Å². The van der Waals surface area contributed by atoms with Crippen LogP contribution in [0.2, 0.25) is 0 Å². The second-order valence-electron chi connectivity index (χ2n) is 6.62. The van der Waals surface area contributed by atoms with Crippen LogP contribution < -0.4 is 20.7 Å². The maximum atomic E-state index is 13.3. The van der Waals surface area contributed by atoms with Crippen LogP contribution in [-0.4, -0.2) is 39.9 Å². The number of ether oxygens (including phenoxy) is 1. The first kappa shape index (κ1) is 18.0. The minimum absolute atomic E-state index is 0.0248. The number of carbonyl (C=O) groups is 1. The molecule has 33 heavy (non-hydrogen) atoms. The number of amides is 1. The van der Waals surface area contributed by atoms with Gasteiger partial charge in [-0.15, -0.1) is 0 Å². The van der Waals surface area contributed by atoms with Gasteiger partial charge in [-0.1, -0.05) is 12.1 Å². The number of pyridine rings is 2. The van der Waals surface area contributed by atoms with Gasteiger partial charge >= 0.3 is 0 Å². The molecule has 166 valence electrons. The monoisotopic (exact) mass is 448 g/mol. The number of nitrogens with zero attached hydrogens (tertiary/aromatic N) is 4. The van der Waals surface area contributed by atoms with Crippen LogP contribution in [0, 0.1) is 5.82 Å². The van der Waals surface area contributed by atoms with Crippen molar-refractivity contribution in [2.24, 2.45) is 0 Å². The van der Waals surface area contributed by atoms with Gasteiger partial charge in [-0.05, 0) is 36.4 Å². The molecule has 0 fully saturated rings. The average Bonchev–Trinajstić information content (AvgIpc) is 2.84. The SMILES string of the molecule is [2H]C([2H])([2H])NC(=O)c1ccc(Nc2ccccn2)nc1Nc1cccc(-c2ncc(F)cn2)c1OC. The molecule has 0 spiro atoms. The van der Waals surface area contributed by atoms with Crippen LogP contribution in [0.1, 0.15) is 14.5 Å². The summed E-state index contributed by atoms with van der Waals surface area (Å²) in [6, 6.07) is 13.3.